The molecular weight excluding hydrogens is 162 g/mol. The summed E-state index contributed by atoms with van der Waals surface area (Å²) in [7, 11) is 0. The van der Waals surface area contributed by atoms with Crippen molar-refractivity contribution >= 4 is 0 Å². The number of allylic oxidation sites excluding steroid dienone is 1. The van der Waals surface area contributed by atoms with Gasteiger partial charge in [-0.25, -0.2) is 0 Å². The molecule has 0 amide bonds. The summed E-state index contributed by atoms with van der Waals surface area (Å²) in [5.74, 6) is 0.807. The summed E-state index contributed by atoms with van der Waals surface area (Å²) in [5, 5.41) is 8.82. The molecule has 0 spiro atoms. The quantitative estimate of drug-likeness (QED) is 0.656. The average Bonchev–Trinajstić information content (AvgIpc) is 2.16. The number of hydrogen-bond acceptors (Lipinski definition) is 2. The Kier molecular flexibility index (Phi) is 4.46. The minimum Gasteiger partial charge on any atom is -0.392 e. The molecule has 2 heteroatoms. The van der Waals surface area contributed by atoms with Crippen molar-refractivity contribution in [3.05, 3.63) is 11.6 Å². The van der Waals surface area contributed by atoms with Crippen LogP contribution in [0.4, 0.5) is 0 Å². The first-order valence-electron chi connectivity index (χ1n) is 5.24. The van der Waals surface area contributed by atoms with Gasteiger partial charge in [0.25, 0.3) is 0 Å². The van der Waals surface area contributed by atoms with E-state index in [0.717, 1.165) is 17.9 Å². The molecule has 0 aromatic rings. The van der Waals surface area contributed by atoms with E-state index in [1.807, 2.05) is 6.92 Å². The summed E-state index contributed by atoms with van der Waals surface area (Å²) in [4.78, 5) is 0. The molecule has 76 valence electrons. The molecule has 13 heavy (non-hydrogen) atoms. The number of hydrogen-bond donors (Lipinski definition) is 2. The molecule has 1 aliphatic rings. The Balaban J connectivity index is 2.23. The summed E-state index contributed by atoms with van der Waals surface area (Å²) in [6.45, 7) is 2.18. The van der Waals surface area contributed by atoms with Gasteiger partial charge < -0.3 is 10.8 Å². The second-order valence-corrected chi connectivity index (χ2v) is 4.23. The van der Waals surface area contributed by atoms with E-state index in [0.29, 0.717) is 6.04 Å². The maximum Gasteiger partial charge on any atom is 0.0639 e. The summed E-state index contributed by atoms with van der Waals surface area (Å²) in [5.41, 5.74) is 6.92. The van der Waals surface area contributed by atoms with Crippen molar-refractivity contribution < 1.29 is 5.11 Å². The van der Waals surface area contributed by atoms with E-state index in [2.05, 4.69) is 6.08 Å². The van der Waals surface area contributed by atoms with Crippen molar-refractivity contribution in [1.29, 1.82) is 0 Å². The molecule has 0 aliphatic heterocycles. The predicted octanol–water partition coefficient (Wildman–Crippen LogP) is 1.83. The first-order valence-corrected chi connectivity index (χ1v) is 5.24. The Labute approximate surface area is 80.8 Å². The molecule has 0 heterocycles. The normalized spacial score (nSPS) is 30.5. The van der Waals surface area contributed by atoms with Gasteiger partial charge in [0.05, 0.1) is 6.61 Å². The van der Waals surface area contributed by atoms with Crippen LogP contribution in [0.3, 0.4) is 0 Å². The maximum atomic E-state index is 8.82. The fourth-order valence-corrected chi connectivity index (χ4v) is 1.86. The second-order valence-electron chi connectivity index (χ2n) is 4.23. The number of aliphatic hydroxyl groups is 1. The van der Waals surface area contributed by atoms with Crippen molar-refractivity contribution in [2.45, 2.75) is 45.1 Å². The van der Waals surface area contributed by atoms with Crippen LogP contribution in [0.15, 0.2) is 11.6 Å². The summed E-state index contributed by atoms with van der Waals surface area (Å²) < 4.78 is 0. The van der Waals surface area contributed by atoms with E-state index in [1.165, 1.54) is 25.7 Å². The smallest absolute Gasteiger partial charge is 0.0639 e. The zero-order valence-corrected chi connectivity index (χ0v) is 8.50. The fraction of sp³-hybridized carbons (Fsp3) is 0.818. The van der Waals surface area contributed by atoms with Gasteiger partial charge in [0, 0.05) is 6.04 Å². The van der Waals surface area contributed by atoms with Crippen LogP contribution in [0.25, 0.3) is 0 Å². The van der Waals surface area contributed by atoms with Crippen LogP contribution in [-0.2, 0) is 0 Å². The minimum atomic E-state index is 0.201. The standard InChI is InChI=1S/C11H21NO/c1-9(8-13)2-3-10-4-6-11(12)7-5-10/h2,10-11,13H,3-8,12H2,1H3/b9-2+. The lowest BCUT2D eigenvalue weighted by atomic mass is 9.84. The monoisotopic (exact) mass is 183 g/mol. The van der Waals surface area contributed by atoms with Gasteiger partial charge in [-0.2, -0.15) is 0 Å². The first-order chi connectivity index (χ1) is 6.22. The lowest BCUT2D eigenvalue weighted by Gasteiger charge is -2.25. The summed E-state index contributed by atoms with van der Waals surface area (Å²) in [6.07, 6.45) is 8.17. The second kappa shape index (κ2) is 5.40. The average molecular weight is 183 g/mol. The third-order valence-electron chi connectivity index (χ3n) is 2.94. The predicted molar refractivity (Wildman–Crippen MR) is 55.4 cm³/mol. The van der Waals surface area contributed by atoms with Gasteiger partial charge in [0.15, 0.2) is 0 Å². The third kappa shape index (κ3) is 3.92. The van der Waals surface area contributed by atoms with Crippen LogP contribution in [-0.4, -0.2) is 17.8 Å². The highest BCUT2D eigenvalue weighted by Gasteiger charge is 2.17. The summed E-state index contributed by atoms with van der Waals surface area (Å²) >= 11 is 0. The van der Waals surface area contributed by atoms with Crippen LogP contribution >= 0.6 is 0 Å². The van der Waals surface area contributed by atoms with Gasteiger partial charge in [0.2, 0.25) is 0 Å². The van der Waals surface area contributed by atoms with E-state index < -0.39 is 0 Å². The molecule has 0 radical (unpaired) electrons. The van der Waals surface area contributed by atoms with Crippen LogP contribution in [0.2, 0.25) is 0 Å². The Bertz CT molecular complexity index is 169. The van der Waals surface area contributed by atoms with Crippen LogP contribution in [0.1, 0.15) is 39.0 Å². The largest absolute Gasteiger partial charge is 0.392 e. The molecule has 1 fully saturated rings. The highest BCUT2D eigenvalue weighted by atomic mass is 16.3. The van der Waals surface area contributed by atoms with Gasteiger partial charge in [-0.3, -0.25) is 0 Å². The molecule has 1 aliphatic carbocycles. The van der Waals surface area contributed by atoms with Crippen molar-refractivity contribution in [3.8, 4) is 0 Å². The van der Waals surface area contributed by atoms with Gasteiger partial charge in [-0.1, -0.05) is 11.6 Å². The van der Waals surface area contributed by atoms with Gasteiger partial charge in [-0.05, 0) is 44.9 Å². The molecule has 2 nitrogen and oxygen atoms in total. The zero-order valence-electron chi connectivity index (χ0n) is 8.50. The van der Waals surface area contributed by atoms with Crippen LogP contribution in [0.5, 0.6) is 0 Å². The van der Waals surface area contributed by atoms with Crippen molar-refractivity contribution in [3.63, 3.8) is 0 Å². The van der Waals surface area contributed by atoms with E-state index in [4.69, 9.17) is 10.8 Å². The fourth-order valence-electron chi connectivity index (χ4n) is 1.86. The maximum absolute atomic E-state index is 8.82. The SMILES string of the molecule is C/C(=C\CC1CCC(N)CC1)CO. The molecule has 0 bridgehead atoms. The Hall–Kier alpha value is -0.340. The summed E-state index contributed by atoms with van der Waals surface area (Å²) in [6, 6.07) is 0.444. The molecule has 3 N–H and O–H groups in total. The lowest BCUT2D eigenvalue weighted by molar-refractivity contribution is 0.320. The Morgan fingerprint density at radius 1 is 1.38 bits per heavy atom. The molecule has 1 rings (SSSR count). The molecule has 0 atom stereocenters. The van der Waals surface area contributed by atoms with E-state index in [-0.39, 0.29) is 6.61 Å². The van der Waals surface area contributed by atoms with Crippen molar-refractivity contribution in [2.24, 2.45) is 11.7 Å². The number of rotatable bonds is 3. The van der Waals surface area contributed by atoms with Crippen LogP contribution in [0, 0.1) is 5.92 Å². The van der Waals surface area contributed by atoms with E-state index >= 15 is 0 Å². The molecule has 0 saturated heterocycles. The molecule has 1 saturated carbocycles. The first kappa shape index (κ1) is 10.7. The third-order valence-corrected chi connectivity index (χ3v) is 2.94. The lowest BCUT2D eigenvalue weighted by Crippen LogP contribution is -2.26. The van der Waals surface area contributed by atoms with Crippen LogP contribution < -0.4 is 5.73 Å². The Morgan fingerprint density at radius 2 is 2.00 bits per heavy atom. The topological polar surface area (TPSA) is 46.2 Å². The number of nitrogens with two attached hydrogens (primary N) is 1. The minimum absolute atomic E-state index is 0.201. The Morgan fingerprint density at radius 3 is 2.54 bits per heavy atom. The van der Waals surface area contributed by atoms with Gasteiger partial charge >= 0.3 is 0 Å². The zero-order chi connectivity index (χ0) is 9.68. The van der Waals surface area contributed by atoms with Crippen molar-refractivity contribution in [2.75, 3.05) is 6.61 Å². The highest BCUT2D eigenvalue weighted by Crippen LogP contribution is 2.26. The highest BCUT2D eigenvalue weighted by molar-refractivity contribution is 4.98. The van der Waals surface area contributed by atoms with E-state index in [9.17, 15) is 0 Å². The molecule has 0 unspecified atom stereocenters. The van der Waals surface area contributed by atoms with Gasteiger partial charge in [-0.15, -0.1) is 0 Å². The van der Waals surface area contributed by atoms with Gasteiger partial charge in [0.1, 0.15) is 0 Å². The molecule has 0 aromatic heterocycles. The molecular formula is C11H21NO. The van der Waals surface area contributed by atoms with Crippen molar-refractivity contribution in [1.82, 2.24) is 0 Å². The van der Waals surface area contributed by atoms with E-state index in [1.54, 1.807) is 0 Å². The molecule has 0 aromatic carbocycles. The number of aliphatic hydroxyl groups excluding tert-OH is 1.